The van der Waals surface area contributed by atoms with Crippen molar-refractivity contribution in [1.82, 2.24) is 0 Å². The Labute approximate surface area is 117 Å². The van der Waals surface area contributed by atoms with Crippen LogP contribution in [0.4, 0.5) is 10.1 Å². The molecule has 0 aliphatic carbocycles. The molecule has 1 atom stereocenters. The average molecular weight is 272 g/mol. The monoisotopic (exact) mass is 272 g/mol. The maximum atomic E-state index is 12.9. The summed E-state index contributed by atoms with van der Waals surface area (Å²) in [6, 6.07) is 12.9. The Morgan fingerprint density at radius 2 is 1.85 bits per heavy atom. The quantitative estimate of drug-likeness (QED) is 0.879. The second kappa shape index (κ2) is 6.19. The van der Waals surface area contributed by atoms with Crippen molar-refractivity contribution in [2.75, 3.05) is 5.32 Å². The summed E-state index contributed by atoms with van der Waals surface area (Å²) in [5.74, 6) is -0.782. The molecule has 0 aliphatic rings. The number of nitrogens with two attached hydrogens (primary N) is 1. The maximum Gasteiger partial charge on any atom is 0.244 e. The first-order valence-electron chi connectivity index (χ1n) is 6.51. The Kier molecular flexibility index (Phi) is 4.35. The topological polar surface area (TPSA) is 55.1 Å². The first-order valence-corrected chi connectivity index (χ1v) is 6.51. The Balaban J connectivity index is 2.32. The van der Waals surface area contributed by atoms with E-state index in [4.69, 9.17) is 5.73 Å². The first-order chi connectivity index (χ1) is 9.61. The standard InChI is InChI=1S/C16H17FN2O/c1-2-11-5-3-4-6-14(11)15(16(18)20)19-13-9-7-12(17)8-10-13/h3-10,15,19H,2H2,1H3,(H2,18,20). The summed E-state index contributed by atoms with van der Waals surface area (Å²) < 4.78 is 12.9. The van der Waals surface area contributed by atoms with Crippen LogP contribution in [0.3, 0.4) is 0 Å². The van der Waals surface area contributed by atoms with Gasteiger partial charge in [0.05, 0.1) is 0 Å². The largest absolute Gasteiger partial charge is 0.370 e. The van der Waals surface area contributed by atoms with E-state index in [9.17, 15) is 9.18 Å². The molecule has 0 aromatic heterocycles. The van der Waals surface area contributed by atoms with E-state index >= 15 is 0 Å². The lowest BCUT2D eigenvalue weighted by Crippen LogP contribution is -2.28. The lowest BCUT2D eigenvalue weighted by molar-refractivity contribution is -0.118. The third-order valence-electron chi connectivity index (χ3n) is 3.19. The third kappa shape index (κ3) is 3.15. The number of benzene rings is 2. The van der Waals surface area contributed by atoms with Gasteiger partial charge in [0.2, 0.25) is 5.91 Å². The molecule has 2 rings (SSSR count). The molecule has 0 radical (unpaired) electrons. The first kappa shape index (κ1) is 14.1. The van der Waals surface area contributed by atoms with Gasteiger partial charge in [-0.2, -0.15) is 0 Å². The molecule has 3 nitrogen and oxygen atoms in total. The minimum Gasteiger partial charge on any atom is -0.370 e. The molecule has 0 spiro atoms. The number of aryl methyl sites for hydroxylation is 1. The number of carbonyl (C=O) groups excluding carboxylic acids is 1. The predicted octanol–water partition coefficient (Wildman–Crippen LogP) is 3.03. The third-order valence-corrected chi connectivity index (χ3v) is 3.19. The molecule has 3 N–H and O–H groups in total. The van der Waals surface area contributed by atoms with Gasteiger partial charge in [-0.1, -0.05) is 31.2 Å². The molecule has 1 amide bonds. The zero-order chi connectivity index (χ0) is 14.5. The van der Waals surface area contributed by atoms with E-state index < -0.39 is 11.9 Å². The second-order valence-corrected chi connectivity index (χ2v) is 4.54. The highest BCUT2D eigenvalue weighted by atomic mass is 19.1. The van der Waals surface area contributed by atoms with Crippen LogP contribution in [-0.4, -0.2) is 5.91 Å². The van der Waals surface area contributed by atoms with Crippen LogP contribution in [-0.2, 0) is 11.2 Å². The minimum absolute atomic E-state index is 0.319. The lowest BCUT2D eigenvalue weighted by Gasteiger charge is -2.19. The van der Waals surface area contributed by atoms with Crippen LogP contribution in [0.5, 0.6) is 0 Å². The van der Waals surface area contributed by atoms with Gasteiger partial charge in [-0.15, -0.1) is 0 Å². The molecule has 2 aromatic rings. The second-order valence-electron chi connectivity index (χ2n) is 4.54. The van der Waals surface area contributed by atoms with Crippen molar-refractivity contribution < 1.29 is 9.18 Å². The Morgan fingerprint density at radius 1 is 1.20 bits per heavy atom. The highest BCUT2D eigenvalue weighted by molar-refractivity contribution is 5.84. The zero-order valence-electron chi connectivity index (χ0n) is 11.3. The SMILES string of the molecule is CCc1ccccc1C(Nc1ccc(F)cc1)C(N)=O. The highest BCUT2D eigenvalue weighted by Gasteiger charge is 2.19. The number of nitrogens with one attached hydrogen (secondary N) is 1. The number of rotatable bonds is 5. The van der Waals surface area contributed by atoms with Crippen LogP contribution in [0.15, 0.2) is 48.5 Å². The smallest absolute Gasteiger partial charge is 0.244 e. The van der Waals surface area contributed by atoms with Crippen LogP contribution in [0, 0.1) is 5.82 Å². The molecule has 0 saturated heterocycles. The van der Waals surface area contributed by atoms with Crippen molar-refractivity contribution in [3.63, 3.8) is 0 Å². The summed E-state index contributed by atoms with van der Waals surface area (Å²) in [5.41, 5.74) is 8.06. The lowest BCUT2D eigenvalue weighted by atomic mass is 9.98. The fourth-order valence-corrected chi connectivity index (χ4v) is 2.15. The zero-order valence-corrected chi connectivity index (χ0v) is 11.3. The van der Waals surface area contributed by atoms with E-state index in [1.807, 2.05) is 31.2 Å². The molecule has 104 valence electrons. The average Bonchev–Trinajstić information content (AvgIpc) is 2.46. The van der Waals surface area contributed by atoms with Gasteiger partial charge in [0.15, 0.2) is 0 Å². The molecule has 0 bridgehead atoms. The van der Waals surface area contributed by atoms with Gasteiger partial charge in [-0.25, -0.2) is 4.39 Å². The number of amides is 1. The van der Waals surface area contributed by atoms with Crippen LogP contribution in [0.25, 0.3) is 0 Å². The number of carbonyl (C=O) groups is 1. The van der Waals surface area contributed by atoms with Gasteiger partial charge >= 0.3 is 0 Å². The molecule has 2 aromatic carbocycles. The van der Waals surface area contributed by atoms with E-state index in [0.29, 0.717) is 5.69 Å². The molecule has 0 aliphatic heterocycles. The molecular formula is C16H17FN2O. The normalized spacial score (nSPS) is 11.9. The molecule has 20 heavy (non-hydrogen) atoms. The van der Waals surface area contributed by atoms with Crippen molar-refractivity contribution in [3.8, 4) is 0 Å². The number of anilines is 1. The van der Waals surface area contributed by atoms with Crippen LogP contribution in [0.2, 0.25) is 0 Å². The molecule has 0 fully saturated rings. The molecule has 0 saturated carbocycles. The van der Waals surface area contributed by atoms with Gasteiger partial charge in [-0.3, -0.25) is 4.79 Å². The summed E-state index contributed by atoms with van der Waals surface area (Å²) >= 11 is 0. The predicted molar refractivity (Wildman–Crippen MR) is 77.8 cm³/mol. The maximum absolute atomic E-state index is 12.9. The number of primary amides is 1. The van der Waals surface area contributed by atoms with Gasteiger partial charge in [0, 0.05) is 5.69 Å². The Bertz CT molecular complexity index is 596. The van der Waals surface area contributed by atoms with Crippen molar-refractivity contribution in [1.29, 1.82) is 0 Å². The molecular weight excluding hydrogens is 255 g/mol. The molecule has 0 heterocycles. The van der Waals surface area contributed by atoms with E-state index in [2.05, 4.69) is 5.32 Å². The van der Waals surface area contributed by atoms with E-state index in [1.54, 1.807) is 12.1 Å². The van der Waals surface area contributed by atoms with Crippen LogP contribution in [0.1, 0.15) is 24.1 Å². The van der Waals surface area contributed by atoms with E-state index in [-0.39, 0.29) is 5.82 Å². The van der Waals surface area contributed by atoms with Crippen molar-refractivity contribution in [3.05, 3.63) is 65.5 Å². The van der Waals surface area contributed by atoms with E-state index in [0.717, 1.165) is 17.5 Å². The summed E-state index contributed by atoms with van der Waals surface area (Å²) in [6.07, 6.45) is 0.811. The number of hydrogen-bond acceptors (Lipinski definition) is 2. The van der Waals surface area contributed by atoms with Crippen LogP contribution < -0.4 is 11.1 Å². The van der Waals surface area contributed by atoms with Gasteiger partial charge in [0.25, 0.3) is 0 Å². The fraction of sp³-hybridized carbons (Fsp3) is 0.188. The summed E-state index contributed by atoms with van der Waals surface area (Å²) in [4.78, 5) is 11.7. The van der Waals surface area contributed by atoms with Crippen LogP contribution >= 0.6 is 0 Å². The summed E-state index contributed by atoms with van der Waals surface area (Å²) in [7, 11) is 0. The highest BCUT2D eigenvalue weighted by Crippen LogP contribution is 2.23. The van der Waals surface area contributed by atoms with Gasteiger partial charge < -0.3 is 11.1 Å². The Morgan fingerprint density at radius 3 is 2.45 bits per heavy atom. The van der Waals surface area contributed by atoms with Gasteiger partial charge in [0.1, 0.15) is 11.9 Å². The van der Waals surface area contributed by atoms with Crippen molar-refractivity contribution in [2.24, 2.45) is 5.73 Å². The molecule has 1 unspecified atom stereocenters. The summed E-state index contributed by atoms with van der Waals surface area (Å²) in [5, 5.41) is 3.06. The Hall–Kier alpha value is -2.36. The minimum atomic E-state index is -0.628. The van der Waals surface area contributed by atoms with E-state index in [1.165, 1.54) is 12.1 Å². The van der Waals surface area contributed by atoms with Gasteiger partial charge in [-0.05, 0) is 41.8 Å². The number of hydrogen-bond donors (Lipinski definition) is 2. The molecule has 4 heteroatoms. The summed E-state index contributed by atoms with van der Waals surface area (Å²) in [6.45, 7) is 2.02. The fourth-order valence-electron chi connectivity index (χ4n) is 2.15. The number of halogens is 1. The van der Waals surface area contributed by atoms with Crippen molar-refractivity contribution in [2.45, 2.75) is 19.4 Å². The van der Waals surface area contributed by atoms with Crippen molar-refractivity contribution >= 4 is 11.6 Å².